The van der Waals surface area contributed by atoms with Gasteiger partial charge in [0.25, 0.3) is 0 Å². The molecule has 1 aromatic carbocycles. The molecule has 1 aromatic heterocycles. The first-order valence-corrected chi connectivity index (χ1v) is 12.9. The first-order chi connectivity index (χ1) is 16.5. The third-order valence-electron chi connectivity index (χ3n) is 7.79. The fourth-order valence-electron chi connectivity index (χ4n) is 5.89. The molecule has 0 spiro atoms. The zero-order chi connectivity index (χ0) is 23.7. The zero-order valence-electron chi connectivity index (χ0n) is 19.5. The summed E-state index contributed by atoms with van der Waals surface area (Å²) in [6.45, 7) is 2.51. The van der Waals surface area contributed by atoms with Crippen LogP contribution in [-0.4, -0.2) is 57.9 Å². The molecule has 2 saturated heterocycles. The third kappa shape index (κ3) is 4.71. The fourth-order valence-corrected chi connectivity index (χ4v) is 6.13. The molecule has 0 bridgehead atoms. The van der Waals surface area contributed by atoms with Crippen LogP contribution in [0.3, 0.4) is 0 Å². The predicted octanol–water partition coefficient (Wildman–Crippen LogP) is 4.47. The first-order valence-electron chi connectivity index (χ1n) is 12.5. The van der Waals surface area contributed by atoms with Crippen LogP contribution in [0, 0.1) is 5.92 Å². The van der Waals surface area contributed by atoms with Gasteiger partial charge in [-0.3, -0.25) is 19.5 Å². The van der Waals surface area contributed by atoms with Crippen LogP contribution >= 0.6 is 11.6 Å². The molecule has 3 heterocycles. The normalized spacial score (nSPS) is 22.4. The second-order valence-electron chi connectivity index (χ2n) is 9.89. The summed E-state index contributed by atoms with van der Waals surface area (Å²) in [6.07, 6.45) is 7.28. The lowest BCUT2D eigenvalue weighted by molar-refractivity contribution is -0.144. The molecule has 2 fully saturated rings. The van der Waals surface area contributed by atoms with Crippen LogP contribution in [-0.2, 0) is 22.4 Å². The molecule has 34 heavy (non-hydrogen) atoms. The van der Waals surface area contributed by atoms with Crippen LogP contribution < -0.4 is 0 Å². The van der Waals surface area contributed by atoms with Crippen molar-refractivity contribution in [1.29, 1.82) is 0 Å². The van der Waals surface area contributed by atoms with Crippen molar-refractivity contribution in [3.05, 3.63) is 63.9 Å². The van der Waals surface area contributed by atoms with Gasteiger partial charge >= 0.3 is 5.97 Å². The molecule has 3 aliphatic rings. The van der Waals surface area contributed by atoms with Gasteiger partial charge in [-0.15, -0.1) is 0 Å². The van der Waals surface area contributed by atoms with Crippen molar-refractivity contribution in [2.45, 2.75) is 56.9 Å². The number of carboxylic acid groups (broad SMARTS) is 1. The average Bonchev–Trinajstić information content (AvgIpc) is 3.34. The Hall–Kier alpha value is -2.44. The van der Waals surface area contributed by atoms with Crippen LogP contribution in [0.25, 0.3) is 0 Å². The number of carboxylic acids is 1. The number of aryl methyl sites for hydroxylation is 2. The van der Waals surface area contributed by atoms with Gasteiger partial charge in [-0.25, -0.2) is 0 Å². The molecule has 7 heteroatoms. The van der Waals surface area contributed by atoms with Crippen LogP contribution in [0.1, 0.15) is 66.6 Å². The molecule has 1 N–H and O–H groups in total. The molecular weight excluding hydrogens is 450 g/mol. The number of likely N-dealkylation sites (tertiary alicyclic amines) is 2. The smallest absolute Gasteiger partial charge is 0.325 e. The molecule has 2 aliphatic heterocycles. The van der Waals surface area contributed by atoms with Gasteiger partial charge < -0.3 is 10.0 Å². The molecule has 0 radical (unpaired) electrons. The van der Waals surface area contributed by atoms with Gasteiger partial charge in [0.05, 0.1) is 5.92 Å². The number of halogens is 1. The molecule has 6 nitrogen and oxygen atoms in total. The Labute approximate surface area is 205 Å². The highest BCUT2D eigenvalue weighted by Crippen LogP contribution is 2.34. The minimum Gasteiger partial charge on any atom is -0.480 e. The van der Waals surface area contributed by atoms with Crippen molar-refractivity contribution in [3.63, 3.8) is 0 Å². The summed E-state index contributed by atoms with van der Waals surface area (Å²) < 4.78 is 0. The highest BCUT2D eigenvalue weighted by molar-refractivity contribution is 6.31. The number of carbonyl (C=O) groups is 2. The van der Waals surface area contributed by atoms with E-state index in [0.717, 1.165) is 38.8 Å². The molecule has 0 saturated carbocycles. The average molecular weight is 482 g/mol. The predicted molar refractivity (Wildman–Crippen MR) is 131 cm³/mol. The number of aromatic nitrogens is 1. The number of amides is 1. The molecule has 2 aromatic rings. The minimum absolute atomic E-state index is 0.155. The van der Waals surface area contributed by atoms with Gasteiger partial charge in [-0.2, -0.15) is 0 Å². The summed E-state index contributed by atoms with van der Waals surface area (Å²) in [5.74, 6) is -0.530. The van der Waals surface area contributed by atoms with Crippen LogP contribution in [0.4, 0.5) is 0 Å². The van der Waals surface area contributed by atoms with Crippen LogP contribution in [0.5, 0.6) is 0 Å². The monoisotopic (exact) mass is 481 g/mol. The van der Waals surface area contributed by atoms with E-state index < -0.39 is 12.0 Å². The van der Waals surface area contributed by atoms with E-state index in [1.807, 2.05) is 9.80 Å². The van der Waals surface area contributed by atoms with Crippen LogP contribution in [0.2, 0.25) is 5.02 Å². The highest BCUT2D eigenvalue weighted by atomic mass is 35.5. The Balaban J connectivity index is 1.19. The SMILES string of the molecule is O=C(O)C(c1ccccc1Cl)N1CC[C@@H](C(=O)N2CCC(c3ccc4c(n3)CCCC4)CC2)C1. The van der Waals surface area contributed by atoms with E-state index in [-0.39, 0.29) is 11.8 Å². The lowest BCUT2D eigenvalue weighted by atomic mass is 9.90. The largest absolute Gasteiger partial charge is 0.480 e. The lowest BCUT2D eigenvalue weighted by Gasteiger charge is -2.34. The molecule has 1 amide bonds. The fraction of sp³-hybridized carbons (Fsp3) is 0.519. The van der Waals surface area contributed by atoms with E-state index in [0.29, 0.717) is 36.0 Å². The van der Waals surface area contributed by atoms with E-state index in [9.17, 15) is 14.7 Å². The van der Waals surface area contributed by atoms with E-state index in [1.54, 1.807) is 24.3 Å². The summed E-state index contributed by atoms with van der Waals surface area (Å²) >= 11 is 6.30. The molecule has 5 rings (SSSR count). The van der Waals surface area contributed by atoms with Gasteiger partial charge in [-0.05, 0) is 68.2 Å². The topological polar surface area (TPSA) is 73.7 Å². The molecule has 1 aliphatic carbocycles. The van der Waals surface area contributed by atoms with Crippen molar-refractivity contribution in [3.8, 4) is 0 Å². The number of piperidine rings is 1. The summed E-state index contributed by atoms with van der Waals surface area (Å²) in [6, 6.07) is 10.7. The zero-order valence-corrected chi connectivity index (χ0v) is 20.2. The second kappa shape index (κ2) is 10.0. The summed E-state index contributed by atoms with van der Waals surface area (Å²) in [5, 5.41) is 10.3. The number of rotatable bonds is 5. The van der Waals surface area contributed by atoms with Gasteiger partial charge in [0, 0.05) is 48.5 Å². The number of aliphatic carboxylic acids is 1. The Morgan fingerprint density at radius 2 is 1.76 bits per heavy atom. The van der Waals surface area contributed by atoms with E-state index in [1.165, 1.54) is 29.8 Å². The molecule has 1 unspecified atom stereocenters. The molecular formula is C27H32ClN3O3. The van der Waals surface area contributed by atoms with E-state index >= 15 is 0 Å². The number of hydrogen-bond acceptors (Lipinski definition) is 4. The third-order valence-corrected chi connectivity index (χ3v) is 8.14. The second-order valence-corrected chi connectivity index (χ2v) is 10.3. The summed E-state index contributed by atoms with van der Waals surface area (Å²) in [5.41, 5.74) is 4.46. The number of pyridine rings is 1. The standard InChI is InChI=1S/C27H32ClN3O3/c28-22-7-3-2-6-21(22)25(27(33)34)31-16-13-20(17-31)26(32)30-14-11-19(12-15-30)24-10-9-18-5-1-4-8-23(18)29-24/h2-3,6-7,9-10,19-20,25H,1,4-5,8,11-17H2,(H,33,34)/t20-,25?/m1/s1. The Kier molecular flexibility index (Phi) is 6.89. The first kappa shape index (κ1) is 23.3. The number of nitrogens with zero attached hydrogens (tertiary/aromatic N) is 3. The highest BCUT2D eigenvalue weighted by Gasteiger charge is 2.39. The van der Waals surface area contributed by atoms with Crippen molar-refractivity contribution in [1.82, 2.24) is 14.8 Å². The Morgan fingerprint density at radius 1 is 1.00 bits per heavy atom. The van der Waals surface area contributed by atoms with Gasteiger partial charge in [0.2, 0.25) is 5.91 Å². The lowest BCUT2D eigenvalue weighted by Crippen LogP contribution is -2.42. The van der Waals surface area contributed by atoms with Gasteiger partial charge in [0.15, 0.2) is 0 Å². The van der Waals surface area contributed by atoms with E-state index in [4.69, 9.17) is 16.6 Å². The maximum Gasteiger partial charge on any atom is 0.325 e. The maximum absolute atomic E-state index is 13.3. The number of fused-ring (bicyclic) bond motifs is 1. The van der Waals surface area contributed by atoms with Crippen LogP contribution in [0.15, 0.2) is 36.4 Å². The molecule has 2 atom stereocenters. The number of hydrogen-bond donors (Lipinski definition) is 1. The van der Waals surface area contributed by atoms with Crippen molar-refractivity contribution < 1.29 is 14.7 Å². The van der Waals surface area contributed by atoms with E-state index in [2.05, 4.69) is 12.1 Å². The molecule has 180 valence electrons. The maximum atomic E-state index is 13.3. The van der Waals surface area contributed by atoms with Gasteiger partial charge in [0.1, 0.15) is 6.04 Å². The Morgan fingerprint density at radius 3 is 2.53 bits per heavy atom. The quantitative estimate of drug-likeness (QED) is 0.682. The van der Waals surface area contributed by atoms with Crippen molar-refractivity contribution in [2.75, 3.05) is 26.2 Å². The van der Waals surface area contributed by atoms with Gasteiger partial charge in [-0.1, -0.05) is 35.9 Å². The summed E-state index contributed by atoms with van der Waals surface area (Å²) in [7, 11) is 0. The number of carbonyl (C=O) groups excluding carboxylic acids is 1. The van der Waals surface area contributed by atoms with Crippen molar-refractivity contribution in [2.24, 2.45) is 5.92 Å². The number of benzene rings is 1. The summed E-state index contributed by atoms with van der Waals surface area (Å²) in [4.78, 5) is 34.2. The minimum atomic E-state index is -0.931. The Bertz CT molecular complexity index is 1070. The van der Waals surface area contributed by atoms with Crippen molar-refractivity contribution >= 4 is 23.5 Å².